The Morgan fingerprint density at radius 3 is 2.80 bits per heavy atom. The smallest absolute Gasteiger partial charge is 0.255 e. The van der Waals surface area contributed by atoms with E-state index in [4.69, 9.17) is 10.5 Å². The molecular weight excluding hydrogens is 192 g/mol. The van der Waals surface area contributed by atoms with Crippen LogP contribution in [0.1, 0.15) is 16.8 Å². The summed E-state index contributed by atoms with van der Waals surface area (Å²) in [6.45, 7) is 0. The van der Waals surface area contributed by atoms with Crippen LogP contribution in [-0.4, -0.2) is 25.1 Å². The molecule has 0 radical (unpaired) electrons. The van der Waals surface area contributed by atoms with E-state index in [0.717, 1.165) is 6.42 Å². The van der Waals surface area contributed by atoms with Gasteiger partial charge in [0.25, 0.3) is 5.91 Å². The van der Waals surface area contributed by atoms with Gasteiger partial charge >= 0.3 is 0 Å². The number of hydrogen-bond acceptors (Lipinski definition) is 3. The van der Waals surface area contributed by atoms with E-state index in [-0.39, 0.29) is 18.0 Å². The number of benzene rings is 1. The fourth-order valence-corrected chi connectivity index (χ4v) is 1.46. The molecule has 0 heterocycles. The highest BCUT2D eigenvalue weighted by atomic mass is 16.5. The van der Waals surface area contributed by atoms with Gasteiger partial charge in [0.05, 0.1) is 12.7 Å². The minimum absolute atomic E-state index is 0.114. The van der Waals surface area contributed by atoms with Crippen LogP contribution in [0.5, 0.6) is 5.75 Å². The van der Waals surface area contributed by atoms with Crippen LogP contribution in [0.15, 0.2) is 24.3 Å². The third kappa shape index (κ3) is 2.10. The second kappa shape index (κ2) is 3.90. The maximum absolute atomic E-state index is 11.8. The Morgan fingerprint density at radius 2 is 2.20 bits per heavy atom. The normalized spacial score (nSPS) is 23.3. The Balaban J connectivity index is 2.10. The van der Waals surface area contributed by atoms with E-state index in [0.29, 0.717) is 11.3 Å². The van der Waals surface area contributed by atoms with Crippen LogP contribution in [-0.2, 0) is 0 Å². The number of hydrogen-bond donors (Lipinski definition) is 2. The van der Waals surface area contributed by atoms with E-state index in [1.54, 1.807) is 19.2 Å². The molecule has 1 aromatic rings. The molecule has 1 aromatic carbocycles. The van der Waals surface area contributed by atoms with Crippen LogP contribution in [0.4, 0.5) is 0 Å². The first-order chi connectivity index (χ1) is 7.22. The summed E-state index contributed by atoms with van der Waals surface area (Å²) in [4.78, 5) is 11.8. The SMILES string of the molecule is COc1ccccc1C(=O)NC1CC1N. The van der Waals surface area contributed by atoms with Gasteiger partial charge in [-0.25, -0.2) is 0 Å². The van der Waals surface area contributed by atoms with Crippen LogP contribution < -0.4 is 15.8 Å². The predicted molar refractivity (Wildman–Crippen MR) is 56.8 cm³/mol. The lowest BCUT2D eigenvalue weighted by Crippen LogP contribution is -2.29. The zero-order valence-corrected chi connectivity index (χ0v) is 8.57. The molecule has 1 saturated carbocycles. The first kappa shape index (κ1) is 9.98. The largest absolute Gasteiger partial charge is 0.496 e. The molecule has 3 N–H and O–H groups in total. The van der Waals surface area contributed by atoms with Gasteiger partial charge in [-0.1, -0.05) is 12.1 Å². The van der Waals surface area contributed by atoms with Gasteiger partial charge in [-0.2, -0.15) is 0 Å². The molecule has 4 heteroatoms. The van der Waals surface area contributed by atoms with Crippen molar-refractivity contribution in [1.29, 1.82) is 0 Å². The average molecular weight is 206 g/mol. The number of carbonyl (C=O) groups is 1. The minimum Gasteiger partial charge on any atom is -0.496 e. The first-order valence-electron chi connectivity index (χ1n) is 4.92. The molecule has 0 bridgehead atoms. The highest BCUT2D eigenvalue weighted by molar-refractivity contribution is 5.97. The second-order valence-corrected chi connectivity index (χ2v) is 3.68. The standard InChI is InChI=1S/C11H14N2O2/c1-15-10-5-3-2-4-7(10)11(14)13-9-6-8(9)12/h2-5,8-9H,6,12H2,1H3,(H,13,14). The van der Waals surface area contributed by atoms with Gasteiger partial charge in [0, 0.05) is 12.1 Å². The molecule has 0 spiro atoms. The van der Waals surface area contributed by atoms with Gasteiger partial charge in [0.2, 0.25) is 0 Å². The number of nitrogens with two attached hydrogens (primary N) is 1. The van der Waals surface area contributed by atoms with Gasteiger partial charge in [0.1, 0.15) is 5.75 Å². The van der Waals surface area contributed by atoms with E-state index in [2.05, 4.69) is 5.32 Å². The van der Waals surface area contributed by atoms with Crippen LogP contribution >= 0.6 is 0 Å². The Bertz CT molecular complexity index is 379. The quantitative estimate of drug-likeness (QED) is 0.758. The number of amides is 1. The number of methoxy groups -OCH3 is 1. The van der Waals surface area contributed by atoms with Crippen LogP contribution in [0.25, 0.3) is 0 Å². The first-order valence-corrected chi connectivity index (χ1v) is 4.92. The zero-order valence-electron chi connectivity index (χ0n) is 8.57. The average Bonchev–Trinajstić information content (AvgIpc) is 2.94. The molecule has 0 aliphatic heterocycles. The zero-order chi connectivity index (χ0) is 10.8. The fraction of sp³-hybridized carbons (Fsp3) is 0.364. The molecule has 2 rings (SSSR count). The lowest BCUT2D eigenvalue weighted by atomic mass is 10.2. The summed E-state index contributed by atoms with van der Waals surface area (Å²) in [7, 11) is 1.55. The molecule has 2 atom stereocenters. The molecule has 4 nitrogen and oxygen atoms in total. The summed E-state index contributed by atoms with van der Waals surface area (Å²) in [6, 6.07) is 7.39. The second-order valence-electron chi connectivity index (χ2n) is 3.68. The summed E-state index contributed by atoms with van der Waals surface area (Å²) in [5.41, 5.74) is 6.17. The number of para-hydroxylation sites is 1. The number of nitrogens with one attached hydrogen (secondary N) is 1. The minimum atomic E-state index is -0.120. The maximum atomic E-state index is 11.8. The topological polar surface area (TPSA) is 64.3 Å². The van der Waals surface area contributed by atoms with E-state index in [9.17, 15) is 4.79 Å². The Hall–Kier alpha value is -1.55. The van der Waals surface area contributed by atoms with Crippen molar-refractivity contribution in [2.45, 2.75) is 18.5 Å². The fourth-order valence-electron chi connectivity index (χ4n) is 1.46. The van der Waals surface area contributed by atoms with Gasteiger partial charge in [-0.3, -0.25) is 4.79 Å². The molecule has 2 unspecified atom stereocenters. The molecule has 0 aromatic heterocycles. The lowest BCUT2D eigenvalue weighted by molar-refractivity contribution is 0.0947. The number of ether oxygens (including phenoxy) is 1. The monoisotopic (exact) mass is 206 g/mol. The summed E-state index contributed by atoms with van der Waals surface area (Å²) >= 11 is 0. The number of rotatable bonds is 3. The van der Waals surface area contributed by atoms with Gasteiger partial charge < -0.3 is 15.8 Å². The summed E-state index contributed by atoms with van der Waals surface area (Å²) in [6.07, 6.45) is 0.862. The van der Waals surface area contributed by atoms with Gasteiger partial charge in [-0.15, -0.1) is 0 Å². The maximum Gasteiger partial charge on any atom is 0.255 e. The third-order valence-corrected chi connectivity index (χ3v) is 2.51. The van der Waals surface area contributed by atoms with E-state index in [1.165, 1.54) is 0 Å². The van der Waals surface area contributed by atoms with Crippen molar-refractivity contribution in [3.8, 4) is 5.75 Å². The Labute approximate surface area is 88.4 Å². The van der Waals surface area contributed by atoms with Crippen LogP contribution in [0.3, 0.4) is 0 Å². The molecule has 1 amide bonds. The molecule has 1 aliphatic carbocycles. The molecular formula is C11H14N2O2. The van der Waals surface area contributed by atoms with Gasteiger partial charge in [0.15, 0.2) is 0 Å². The molecule has 1 aliphatic rings. The van der Waals surface area contributed by atoms with Crippen LogP contribution in [0, 0.1) is 0 Å². The molecule has 0 saturated heterocycles. The van der Waals surface area contributed by atoms with Gasteiger partial charge in [-0.05, 0) is 18.6 Å². The predicted octanol–water partition coefficient (Wildman–Crippen LogP) is 0.525. The van der Waals surface area contributed by atoms with Crippen molar-refractivity contribution in [1.82, 2.24) is 5.32 Å². The Morgan fingerprint density at radius 1 is 1.53 bits per heavy atom. The summed E-state index contributed by atoms with van der Waals surface area (Å²) in [5, 5.41) is 2.85. The third-order valence-electron chi connectivity index (χ3n) is 2.51. The summed E-state index contributed by atoms with van der Waals surface area (Å²) in [5.74, 6) is 0.467. The van der Waals surface area contributed by atoms with Crippen molar-refractivity contribution in [3.05, 3.63) is 29.8 Å². The van der Waals surface area contributed by atoms with Crippen molar-refractivity contribution >= 4 is 5.91 Å². The molecule has 1 fully saturated rings. The van der Waals surface area contributed by atoms with Crippen molar-refractivity contribution in [3.63, 3.8) is 0 Å². The lowest BCUT2D eigenvalue weighted by Gasteiger charge is -2.08. The van der Waals surface area contributed by atoms with Crippen LogP contribution in [0.2, 0.25) is 0 Å². The van der Waals surface area contributed by atoms with Crippen molar-refractivity contribution in [2.75, 3.05) is 7.11 Å². The number of carbonyl (C=O) groups excluding carboxylic acids is 1. The summed E-state index contributed by atoms with van der Waals surface area (Å²) < 4.78 is 5.10. The molecule has 15 heavy (non-hydrogen) atoms. The van der Waals surface area contributed by atoms with Crippen molar-refractivity contribution in [2.24, 2.45) is 5.73 Å². The molecule has 80 valence electrons. The van der Waals surface area contributed by atoms with E-state index < -0.39 is 0 Å². The van der Waals surface area contributed by atoms with E-state index in [1.807, 2.05) is 12.1 Å². The van der Waals surface area contributed by atoms with E-state index >= 15 is 0 Å². The highest BCUT2D eigenvalue weighted by Gasteiger charge is 2.35. The highest BCUT2D eigenvalue weighted by Crippen LogP contribution is 2.21. The van der Waals surface area contributed by atoms with Crippen molar-refractivity contribution < 1.29 is 9.53 Å². The Kier molecular flexibility index (Phi) is 2.60.